The summed E-state index contributed by atoms with van der Waals surface area (Å²) in [4.78, 5) is 9.93. The SMILES string of the molecule is CCNC(=NCCN1CCc2ccccc2C1)N1CCC2(CCOC2)C1. The maximum Gasteiger partial charge on any atom is 0.193 e. The number of rotatable bonds is 4. The molecule has 5 heteroatoms. The molecule has 3 heterocycles. The Kier molecular flexibility index (Phi) is 5.46. The molecule has 2 saturated heterocycles. The van der Waals surface area contributed by atoms with Crippen LogP contribution in [0.4, 0.5) is 0 Å². The monoisotopic (exact) mass is 356 g/mol. The molecule has 3 aliphatic rings. The number of hydrogen-bond donors (Lipinski definition) is 1. The average molecular weight is 357 g/mol. The number of nitrogens with one attached hydrogen (secondary N) is 1. The zero-order valence-corrected chi connectivity index (χ0v) is 16.0. The third kappa shape index (κ3) is 3.89. The summed E-state index contributed by atoms with van der Waals surface area (Å²) in [5.74, 6) is 1.09. The van der Waals surface area contributed by atoms with Gasteiger partial charge in [0.05, 0.1) is 13.2 Å². The van der Waals surface area contributed by atoms with Crippen LogP contribution in [0.1, 0.15) is 30.9 Å². The van der Waals surface area contributed by atoms with E-state index >= 15 is 0 Å². The Hall–Kier alpha value is -1.59. The average Bonchev–Trinajstić information content (AvgIpc) is 3.31. The third-order valence-corrected chi connectivity index (χ3v) is 6.15. The zero-order valence-electron chi connectivity index (χ0n) is 16.0. The van der Waals surface area contributed by atoms with Gasteiger partial charge in [0.15, 0.2) is 5.96 Å². The standard InChI is InChI=1S/C21H32N4O/c1-2-22-20(25-12-8-21(16-25)9-14-26-17-21)23-10-13-24-11-7-18-5-3-4-6-19(18)15-24/h3-6H,2,7-17H2,1H3,(H,22,23). The highest BCUT2D eigenvalue weighted by Gasteiger charge is 2.42. The molecule has 0 aromatic heterocycles. The van der Waals surface area contributed by atoms with Gasteiger partial charge in [0, 0.05) is 51.3 Å². The Morgan fingerprint density at radius 3 is 2.92 bits per heavy atom. The van der Waals surface area contributed by atoms with E-state index in [1.807, 2.05) is 0 Å². The van der Waals surface area contributed by atoms with Gasteiger partial charge in [-0.25, -0.2) is 0 Å². The molecule has 26 heavy (non-hydrogen) atoms. The Morgan fingerprint density at radius 1 is 1.23 bits per heavy atom. The minimum Gasteiger partial charge on any atom is -0.381 e. The second-order valence-electron chi connectivity index (χ2n) is 8.00. The van der Waals surface area contributed by atoms with E-state index < -0.39 is 0 Å². The molecule has 142 valence electrons. The van der Waals surface area contributed by atoms with Gasteiger partial charge in [0.2, 0.25) is 0 Å². The second-order valence-corrected chi connectivity index (χ2v) is 8.00. The quantitative estimate of drug-likeness (QED) is 0.663. The fourth-order valence-electron chi connectivity index (χ4n) is 4.56. The Labute approximate surface area is 157 Å². The van der Waals surface area contributed by atoms with Crippen molar-refractivity contribution in [2.45, 2.75) is 32.7 Å². The number of aliphatic imine (C=N–C) groups is 1. The first-order chi connectivity index (χ1) is 12.8. The molecule has 0 saturated carbocycles. The molecule has 2 fully saturated rings. The second kappa shape index (κ2) is 7.97. The maximum atomic E-state index is 5.67. The van der Waals surface area contributed by atoms with Crippen molar-refractivity contribution in [1.29, 1.82) is 0 Å². The fraction of sp³-hybridized carbons (Fsp3) is 0.667. The minimum atomic E-state index is 0.382. The normalized spacial score (nSPS) is 26.5. The van der Waals surface area contributed by atoms with E-state index in [0.29, 0.717) is 5.41 Å². The van der Waals surface area contributed by atoms with Gasteiger partial charge in [-0.3, -0.25) is 9.89 Å². The van der Waals surface area contributed by atoms with Crippen LogP contribution in [0.15, 0.2) is 29.3 Å². The van der Waals surface area contributed by atoms with Crippen LogP contribution in [0.2, 0.25) is 0 Å². The summed E-state index contributed by atoms with van der Waals surface area (Å²) < 4.78 is 5.67. The largest absolute Gasteiger partial charge is 0.381 e. The van der Waals surface area contributed by atoms with E-state index in [4.69, 9.17) is 9.73 Å². The highest BCUT2D eigenvalue weighted by atomic mass is 16.5. The van der Waals surface area contributed by atoms with Crippen LogP contribution in [0.5, 0.6) is 0 Å². The van der Waals surface area contributed by atoms with Crippen LogP contribution >= 0.6 is 0 Å². The van der Waals surface area contributed by atoms with E-state index in [1.54, 1.807) is 0 Å². The first kappa shape index (κ1) is 17.8. The Morgan fingerprint density at radius 2 is 2.12 bits per heavy atom. The van der Waals surface area contributed by atoms with Crippen molar-refractivity contribution in [3.63, 3.8) is 0 Å². The minimum absolute atomic E-state index is 0.382. The third-order valence-electron chi connectivity index (χ3n) is 6.15. The van der Waals surface area contributed by atoms with Gasteiger partial charge in [-0.15, -0.1) is 0 Å². The molecule has 0 aliphatic carbocycles. The fourth-order valence-corrected chi connectivity index (χ4v) is 4.56. The van der Waals surface area contributed by atoms with E-state index in [-0.39, 0.29) is 0 Å². The van der Waals surface area contributed by atoms with Crippen molar-refractivity contribution < 1.29 is 4.74 Å². The topological polar surface area (TPSA) is 40.1 Å². The predicted molar refractivity (Wildman–Crippen MR) is 105 cm³/mol. The van der Waals surface area contributed by atoms with Crippen LogP contribution in [0.3, 0.4) is 0 Å². The van der Waals surface area contributed by atoms with Gasteiger partial charge >= 0.3 is 0 Å². The summed E-state index contributed by atoms with van der Waals surface area (Å²) in [5.41, 5.74) is 3.38. The van der Waals surface area contributed by atoms with Gasteiger partial charge in [-0.2, -0.15) is 0 Å². The van der Waals surface area contributed by atoms with Gasteiger partial charge in [-0.1, -0.05) is 24.3 Å². The molecular weight excluding hydrogens is 324 g/mol. The lowest BCUT2D eigenvalue weighted by molar-refractivity contribution is 0.156. The van der Waals surface area contributed by atoms with Gasteiger partial charge in [0.25, 0.3) is 0 Å². The van der Waals surface area contributed by atoms with E-state index in [2.05, 4.69) is 46.3 Å². The number of fused-ring (bicyclic) bond motifs is 1. The molecule has 1 atom stereocenters. The van der Waals surface area contributed by atoms with Crippen molar-refractivity contribution in [3.8, 4) is 0 Å². The number of likely N-dealkylation sites (tertiary alicyclic amines) is 1. The molecule has 5 nitrogen and oxygen atoms in total. The molecule has 0 radical (unpaired) electrons. The number of guanidine groups is 1. The summed E-state index contributed by atoms with van der Waals surface area (Å²) in [6.45, 7) is 11.2. The molecule has 3 aliphatic heterocycles. The molecule has 1 unspecified atom stereocenters. The molecular formula is C21H32N4O. The smallest absolute Gasteiger partial charge is 0.193 e. The summed E-state index contributed by atoms with van der Waals surface area (Å²) >= 11 is 0. The van der Waals surface area contributed by atoms with Gasteiger partial charge in [0.1, 0.15) is 0 Å². The van der Waals surface area contributed by atoms with E-state index in [0.717, 1.165) is 71.4 Å². The maximum absolute atomic E-state index is 5.67. The number of ether oxygens (including phenoxy) is 1. The van der Waals surface area contributed by atoms with Crippen molar-refractivity contribution in [2.24, 2.45) is 10.4 Å². The van der Waals surface area contributed by atoms with Crippen LogP contribution in [0.25, 0.3) is 0 Å². The Bertz CT molecular complexity index is 639. The molecule has 0 bridgehead atoms. The van der Waals surface area contributed by atoms with Crippen molar-refractivity contribution in [2.75, 3.05) is 52.5 Å². The molecule has 1 aromatic rings. The first-order valence-electron chi connectivity index (χ1n) is 10.2. The summed E-state index contributed by atoms with van der Waals surface area (Å²) in [6, 6.07) is 8.84. The van der Waals surface area contributed by atoms with Crippen molar-refractivity contribution >= 4 is 5.96 Å². The van der Waals surface area contributed by atoms with Gasteiger partial charge < -0.3 is 15.0 Å². The van der Waals surface area contributed by atoms with Crippen LogP contribution in [-0.2, 0) is 17.7 Å². The summed E-state index contributed by atoms with van der Waals surface area (Å²) in [5, 5.41) is 3.50. The molecule has 1 spiro atoms. The molecule has 4 rings (SSSR count). The van der Waals surface area contributed by atoms with Crippen molar-refractivity contribution in [1.82, 2.24) is 15.1 Å². The lowest BCUT2D eigenvalue weighted by atomic mass is 9.87. The molecule has 1 aromatic carbocycles. The Balaban J connectivity index is 1.32. The lowest BCUT2D eigenvalue weighted by Gasteiger charge is -2.28. The molecule has 1 N–H and O–H groups in total. The first-order valence-corrected chi connectivity index (χ1v) is 10.2. The van der Waals surface area contributed by atoms with Crippen LogP contribution in [-0.4, -0.2) is 68.2 Å². The van der Waals surface area contributed by atoms with Crippen LogP contribution < -0.4 is 5.32 Å². The van der Waals surface area contributed by atoms with Gasteiger partial charge in [-0.05, 0) is 37.3 Å². The molecule has 0 amide bonds. The number of benzene rings is 1. The van der Waals surface area contributed by atoms with E-state index in [9.17, 15) is 0 Å². The lowest BCUT2D eigenvalue weighted by Crippen LogP contribution is -2.42. The number of nitrogens with zero attached hydrogens (tertiary/aromatic N) is 3. The zero-order chi connectivity index (χ0) is 17.8. The predicted octanol–water partition coefficient (Wildman–Crippen LogP) is 2.12. The van der Waals surface area contributed by atoms with E-state index in [1.165, 1.54) is 24.0 Å². The summed E-state index contributed by atoms with van der Waals surface area (Å²) in [7, 11) is 0. The highest BCUT2D eigenvalue weighted by molar-refractivity contribution is 5.80. The number of hydrogen-bond acceptors (Lipinski definition) is 3. The van der Waals surface area contributed by atoms with Crippen LogP contribution in [0, 0.1) is 5.41 Å². The summed E-state index contributed by atoms with van der Waals surface area (Å²) in [6.07, 6.45) is 3.60. The highest BCUT2D eigenvalue weighted by Crippen LogP contribution is 2.38. The van der Waals surface area contributed by atoms with Crippen molar-refractivity contribution in [3.05, 3.63) is 35.4 Å².